The predicted molar refractivity (Wildman–Crippen MR) is 110 cm³/mol. The molecule has 4 nitrogen and oxygen atoms in total. The largest absolute Gasteiger partial charge is 0.478 e. The minimum absolute atomic E-state index is 0.263. The maximum Gasteiger partial charge on any atom is 0.335 e. The second-order valence-electron chi connectivity index (χ2n) is 6.71. The van der Waals surface area contributed by atoms with Crippen LogP contribution in [0.4, 0.5) is 5.69 Å². The van der Waals surface area contributed by atoms with Gasteiger partial charge < -0.3 is 9.67 Å². The summed E-state index contributed by atoms with van der Waals surface area (Å²) in [6.07, 6.45) is 2.83. The van der Waals surface area contributed by atoms with Crippen molar-refractivity contribution in [3.63, 3.8) is 0 Å². The average molecular weight is 360 g/mol. The van der Waals surface area contributed by atoms with Crippen molar-refractivity contribution in [1.82, 2.24) is 4.57 Å². The van der Waals surface area contributed by atoms with Crippen molar-refractivity contribution in [2.45, 2.75) is 34.1 Å². The van der Waals surface area contributed by atoms with E-state index in [-0.39, 0.29) is 5.56 Å². The van der Waals surface area contributed by atoms with E-state index < -0.39 is 5.97 Å². The normalized spacial score (nSPS) is 11.3. The fourth-order valence-corrected chi connectivity index (χ4v) is 3.42. The highest BCUT2D eigenvalue weighted by molar-refractivity contribution is 5.88. The van der Waals surface area contributed by atoms with Gasteiger partial charge in [-0.05, 0) is 68.7 Å². The molecule has 2 aromatic carbocycles. The van der Waals surface area contributed by atoms with Gasteiger partial charge >= 0.3 is 5.97 Å². The Kier molecular flexibility index (Phi) is 5.26. The topological polar surface area (TPSA) is 54.6 Å². The Morgan fingerprint density at radius 2 is 1.81 bits per heavy atom. The molecule has 0 aliphatic rings. The summed E-state index contributed by atoms with van der Waals surface area (Å²) in [5.41, 5.74) is 8.18. The molecule has 1 aromatic heterocycles. The fraction of sp³-hybridized carbons (Fsp3) is 0.217. The predicted octanol–water partition coefficient (Wildman–Crippen LogP) is 5.41. The number of hydrogen-bond donors (Lipinski definition) is 1. The molecule has 0 radical (unpaired) electrons. The van der Waals surface area contributed by atoms with Crippen LogP contribution in [0.2, 0.25) is 0 Å². The standard InChI is InChI=1S/C23H24N2O2/c1-5-18-8-6-7-15(2)22(18)25-16(3)13-20(17(25)4)14-24-21-11-9-19(10-12-21)23(26)27/h6-14H,5H2,1-4H3,(H,26,27). The SMILES string of the molecule is CCc1cccc(C)c1-n1c(C)cc(C=Nc2ccc(C(=O)O)cc2)c1C. The molecule has 4 heteroatoms. The smallest absolute Gasteiger partial charge is 0.335 e. The van der Waals surface area contributed by atoms with Crippen LogP contribution in [-0.2, 0) is 6.42 Å². The first kappa shape index (κ1) is 18.6. The van der Waals surface area contributed by atoms with E-state index in [1.165, 1.54) is 22.5 Å². The number of carboxylic acid groups (broad SMARTS) is 1. The van der Waals surface area contributed by atoms with Crippen LogP contribution in [0.5, 0.6) is 0 Å². The molecule has 3 aromatic rings. The minimum atomic E-state index is -0.931. The maximum absolute atomic E-state index is 10.9. The molecule has 0 aliphatic carbocycles. The highest BCUT2D eigenvalue weighted by atomic mass is 16.4. The van der Waals surface area contributed by atoms with Crippen molar-refractivity contribution >= 4 is 17.9 Å². The number of carboxylic acids is 1. The van der Waals surface area contributed by atoms with Gasteiger partial charge in [-0.25, -0.2) is 4.79 Å². The van der Waals surface area contributed by atoms with Crippen LogP contribution < -0.4 is 0 Å². The zero-order valence-corrected chi connectivity index (χ0v) is 16.2. The number of benzene rings is 2. The summed E-state index contributed by atoms with van der Waals surface area (Å²) in [5.74, 6) is -0.931. The Hall–Kier alpha value is -3.14. The number of hydrogen-bond acceptors (Lipinski definition) is 2. The molecule has 0 atom stereocenters. The number of para-hydroxylation sites is 1. The van der Waals surface area contributed by atoms with E-state index in [2.05, 4.69) is 61.5 Å². The lowest BCUT2D eigenvalue weighted by Gasteiger charge is -2.17. The molecule has 0 fully saturated rings. The summed E-state index contributed by atoms with van der Waals surface area (Å²) >= 11 is 0. The van der Waals surface area contributed by atoms with E-state index in [1.807, 2.05) is 6.21 Å². The lowest BCUT2D eigenvalue weighted by molar-refractivity contribution is 0.0697. The summed E-state index contributed by atoms with van der Waals surface area (Å²) in [6.45, 7) is 8.53. The zero-order valence-electron chi connectivity index (χ0n) is 16.2. The van der Waals surface area contributed by atoms with Gasteiger partial charge in [-0.2, -0.15) is 0 Å². The number of aromatic carboxylic acids is 1. The first-order chi connectivity index (χ1) is 12.9. The van der Waals surface area contributed by atoms with E-state index in [4.69, 9.17) is 5.11 Å². The second-order valence-corrected chi connectivity index (χ2v) is 6.71. The molecule has 0 spiro atoms. The molecule has 0 unspecified atom stereocenters. The van der Waals surface area contributed by atoms with Gasteiger partial charge in [0.2, 0.25) is 0 Å². The Bertz CT molecular complexity index is 1010. The van der Waals surface area contributed by atoms with Crippen molar-refractivity contribution in [3.05, 3.63) is 82.2 Å². The van der Waals surface area contributed by atoms with Crippen molar-refractivity contribution in [3.8, 4) is 5.69 Å². The van der Waals surface area contributed by atoms with Gasteiger partial charge in [-0.3, -0.25) is 4.99 Å². The second kappa shape index (κ2) is 7.62. The van der Waals surface area contributed by atoms with Crippen molar-refractivity contribution in [2.75, 3.05) is 0 Å². The average Bonchev–Trinajstić information content (AvgIpc) is 2.93. The highest BCUT2D eigenvalue weighted by Crippen LogP contribution is 2.26. The third kappa shape index (κ3) is 3.70. The Morgan fingerprint density at radius 3 is 2.44 bits per heavy atom. The Balaban J connectivity index is 1.98. The van der Waals surface area contributed by atoms with Crippen LogP contribution in [0.1, 0.15) is 45.4 Å². The molecule has 0 amide bonds. The van der Waals surface area contributed by atoms with Crippen molar-refractivity contribution in [2.24, 2.45) is 4.99 Å². The number of aliphatic imine (C=N–C) groups is 1. The van der Waals surface area contributed by atoms with E-state index in [9.17, 15) is 4.79 Å². The molecule has 138 valence electrons. The van der Waals surface area contributed by atoms with Crippen molar-refractivity contribution in [1.29, 1.82) is 0 Å². The third-order valence-electron chi connectivity index (χ3n) is 4.86. The van der Waals surface area contributed by atoms with Crippen LogP contribution in [0.15, 0.2) is 53.5 Å². The van der Waals surface area contributed by atoms with E-state index in [0.717, 1.165) is 23.4 Å². The third-order valence-corrected chi connectivity index (χ3v) is 4.86. The number of nitrogens with zero attached hydrogens (tertiary/aromatic N) is 2. The molecule has 3 rings (SSSR count). The molecule has 1 heterocycles. The van der Waals surface area contributed by atoms with E-state index >= 15 is 0 Å². The summed E-state index contributed by atoms with van der Waals surface area (Å²) in [5, 5.41) is 8.99. The van der Waals surface area contributed by atoms with Crippen LogP contribution >= 0.6 is 0 Å². The molecular formula is C23H24N2O2. The molecule has 0 bridgehead atoms. The number of aryl methyl sites for hydroxylation is 3. The van der Waals surface area contributed by atoms with Crippen LogP contribution in [-0.4, -0.2) is 21.9 Å². The molecule has 27 heavy (non-hydrogen) atoms. The van der Waals surface area contributed by atoms with Gasteiger partial charge in [0, 0.05) is 23.2 Å². The van der Waals surface area contributed by atoms with Crippen molar-refractivity contribution < 1.29 is 9.90 Å². The van der Waals surface area contributed by atoms with Gasteiger partial charge in [0.1, 0.15) is 0 Å². The lowest BCUT2D eigenvalue weighted by atomic mass is 10.1. The maximum atomic E-state index is 10.9. The van der Waals surface area contributed by atoms with Gasteiger partial charge in [0.15, 0.2) is 0 Å². The first-order valence-electron chi connectivity index (χ1n) is 9.07. The van der Waals surface area contributed by atoms with Crippen LogP contribution in [0.3, 0.4) is 0 Å². The minimum Gasteiger partial charge on any atom is -0.478 e. The quantitative estimate of drug-likeness (QED) is 0.618. The lowest BCUT2D eigenvalue weighted by Crippen LogP contribution is -2.05. The van der Waals surface area contributed by atoms with Gasteiger partial charge in [0.05, 0.1) is 16.9 Å². The van der Waals surface area contributed by atoms with Gasteiger partial charge in [-0.1, -0.05) is 25.1 Å². The van der Waals surface area contributed by atoms with Gasteiger partial charge in [-0.15, -0.1) is 0 Å². The monoisotopic (exact) mass is 360 g/mol. The molecular weight excluding hydrogens is 336 g/mol. The summed E-state index contributed by atoms with van der Waals surface area (Å²) < 4.78 is 2.29. The highest BCUT2D eigenvalue weighted by Gasteiger charge is 2.14. The number of aromatic nitrogens is 1. The Labute approximate surface area is 159 Å². The Morgan fingerprint density at radius 1 is 1.11 bits per heavy atom. The fourth-order valence-electron chi connectivity index (χ4n) is 3.42. The summed E-state index contributed by atoms with van der Waals surface area (Å²) in [6, 6.07) is 15.1. The summed E-state index contributed by atoms with van der Waals surface area (Å²) in [7, 11) is 0. The molecule has 1 N–H and O–H groups in total. The van der Waals surface area contributed by atoms with Gasteiger partial charge in [0.25, 0.3) is 0 Å². The number of rotatable bonds is 5. The molecule has 0 saturated carbocycles. The van der Waals surface area contributed by atoms with E-state index in [0.29, 0.717) is 0 Å². The summed E-state index contributed by atoms with van der Waals surface area (Å²) in [4.78, 5) is 15.5. The number of carbonyl (C=O) groups is 1. The zero-order chi connectivity index (χ0) is 19.6. The van der Waals surface area contributed by atoms with Crippen LogP contribution in [0.25, 0.3) is 5.69 Å². The first-order valence-corrected chi connectivity index (χ1v) is 9.07. The molecule has 0 aliphatic heterocycles. The van der Waals surface area contributed by atoms with E-state index in [1.54, 1.807) is 24.3 Å². The molecule has 0 saturated heterocycles. The van der Waals surface area contributed by atoms with Crippen LogP contribution in [0, 0.1) is 20.8 Å².